The lowest BCUT2D eigenvalue weighted by atomic mass is 9.92. The first-order chi connectivity index (χ1) is 12.4. The van der Waals surface area contributed by atoms with Gasteiger partial charge in [-0.1, -0.05) is 58.0 Å². The van der Waals surface area contributed by atoms with E-state index in [0.29, 0.717) is 17.6 Å². The third-order valence-corrected chi connectivity index (χ3v) is 5.26. The van der Waals surface area contributed by atoms with E-state index in [4.69, 9.17) is 0 Å². The number of halogens is 1. The van der Waals surface area contributed by atoms with E-state index in [-0.39, 0.29) is 0 Å². The maximum absolute atomic E-state index is 10.0. The molecule has 0 unspecified atom stereocenters. The molecule has 3 nitrogen and oxygen atoms in total. The average Bonchev–Trinajstić information content (AvgIpc) is 2.60. The molecule has 0 aliphatic carbocycles. The molecule has 0 amide bonds. The van der Waals surface area contributed by atoms with E-state index < -0.39 is 0 Å². The molecule has 0 radical (unpaired) electrons. The molecule has 0 spiro atoms. The fourth-order valence-corrected chi connectivity index (χ4v) is 3.55. The fraction of sp³-hybridized carbons (Fsp3) is 0.455. The molecule has 0 saturated heterocycles. The van der Waals surface area contributed by atoms with Crippen LogP contribution in [0.4, 0.5) is 5.69 Å². The molecule has 0 saturated carbocycles. The minimum Gasteiger partial charge on any atom is -0.506 e. The SMILES string of the molecule is CC(C)c1cccc(C(C)C)c1NCCNCCc1cccc(Br)c1O. The summed E-state index contributed by atoms with van der Waals surface area (Å²) in [5.74, 6) is 1.35. The molecule has 2 aromatic carbocycles. The predicted molar refractivity (Wildman–Crippen MR) is 115 cm³/mol. The highest BCUT2D eigenvalue weighted by Crippen LogP contribution is 2.32. The van der Waals surface area contributed by atoms with Gasteiger partial charge in [-0.15, -0.1) is 0 Å². The van der Waals surface area contributed by atoms with Gasteiger partial charge in [-0.05, 0) is 63.5 Å². The summed E-state index contributed by atoms with van der Waals surface area (Å²) in [4.78, 5) is 0. The van der Waals surface area contributed by atoms with Crippen molar-refractivity contribution in [2.75, 3.05) is 25.0 Å². The Hall–Kier alpha value is -1.52. The van der Waals surface area contributed by atoms with E-state index in [0.717, 1.165) is 36.1 Å². The van der Waals surface area contributed by atoms with Crippen LogP contribution in [0, 0.1) is 0 Å². The number of benzene rings is 2. The van der Waals surface area contributed by atoms with Crippen LogP contribution in [-0.2, 0) is 6.42 Å². The lowest BCUT2D eigenvalue weighted by Gasteiger charge is -2.21. The summed E-state index contributed by atoms with van der Waals surface area (Å²) in [6, 6.07) is 12.4. The van der Waals surface area contributed by atoms with Crippen LogP contribution in [0.15, 0.2) is 40.9 Å². The Bertz CT molecular complexity index is 687. The fourth-order valence-electron chi connectivity index (χ4n) is 3.14. The van der Waals surface area contributed by atoms with E-state index in [9.17, 15) is 5.11 Å². The van der Waals surface area contributed by atoms with Gasteiger partial charge in [0.15, 0.2) is 0 Å². The second-order valence-corrected chi connectivity index (χ2v) is 8.15. The number of phenolic OH excluding ortho intramolecular Hbond substituents is 1. The zero-order valence-corrected chi connectivity index (χ0v) is 17.9. The van der Waals surface area contributed by atoms with Crippen molar-refractivity contribution in [2.45, 2.75) is 46.0 Å². The van der Waals surface area contributed by atoms with Crippen molar-refractivity contribution in [1.82, 2.24) is 5.32 Å². The Morgan fingerprint density at radius 1 is 0.885 bits per heavy atom. The molecule has 26 heavy (non-hydrogen) atoms. The Balaban J connectivity index is 1.85. The van der Waals surface area contributed by atoms with Gasteiger partial charge in [0.1, 0.15) is 5.75 Å². The Labute approximate surface area is 166 Å². The maximum atomic E-state index is 10.0. The summed E-state index contributed by atoms with van der Waals surface area (Å²) in [6.07, 6.45) is 0.811. The number of phenols is 1. The van der Waals surface area contributed by atoms with Gasteiger partial charge in [-0.2, -0.15) is 0 Å². The average molecular weight is 419 g/mol. The highest BCUT2D eigenvalue weighted by Gasteiger charge is 2.13. The van der Waals surface area contributed by atoms with Gasteiger partial charge in [0.05, 0.1) is 4.47 Å². The Morgan fingerprint density at radius 3 is 2.12 bits per heavy atom. The van der Waals surface area contributed by atoms with Crippen LogP contribution in [0.1, 0.15) is 56.2 Å². The van der Waals surface area contributed by atoms with E-state index in [1.165, 1.54) is 16.8 Å². The second kappa shape index (κ2) is 9.98. The number of hydrogen-bond donors (Lipinski definition) is 3. The Morgan fingerprint density at radius 2 is 1.50 bits per heavy atom. The van der Waals surface area contributed by atoms with Gasteiger partial charge in [0.25, 0.3) is 0 Å². The quantitative estimate of drug-likeness (QED) is 0.461. The lowest BCUT2D eigenvalue weighted by molar-refractivity contribution is 0.463. The molecule has 2 rings (SSSR count). The first kappa shape index (κ1) is 20.8. The molecule has 142 valence electrons. The van der Waals surface area contributed by atoms with Crippen LogP contribution < -0.4 is 10.6 Å². The maximum Gasteiger partial charge on any atom is 0.132 e. The van der Waals surface area contributed by atoms with Crippen LogP contribution in [0.5, 0.6) is 5.75 Å². The summed E-state index contributed by atoms with van der Waals surface area (Å²) in [6.45, 7) is 11.6. The number of rotatable bonds is 9. The smallest absolute Gasteiger partial charge is 0.132 e. The third-order valence-electron chi connectivity index (χ3n) is 4.62. The number of anilines is 1. The summed E-state index contributed by atoms with van der Waals surface area (Å²) >= 11 is 3.36. The summed E-state index contributed by atoms with van der Waals surface area (Å²) in [5.41, 5.74) is 5.03. The minimum atomic E-state index is 0.347. The Kier molecular flexibility index (Phi) is 7.98. The van der Waals surface area contributed by atoms with Crippen LogP contribution in [0.3, 0.4) is 0 Å². The highest BCUT2D eigenvalue weighted by molar-refractivity contribution is 9.10. The molecule has 4 heteroatoms. The zero-order valence-electron chi connectivity index (χ0n) is 16.3. The first-order valence-electron chi connectivity index (χ1n) is 9.45. The van der Waals surface area contributed by atoms with Crippen LogP contribution in [0.2, 0.25) is 0 Å². The zero-order chi connectivity index (χ0) is 19.1. The van der Waals surface area contributed by atoms with Gasteiger partial charge in [0, 0.05) is 18.8 Å². The van der Waals surface area contributed by atoms with Gasteiger partial charge >= 0.3 is 0 Å². The van der Waals surface area contributed by atoms with E-state index in [1.54, 1.807) is 0 Å². The molecule has 0 aliphatic heterocycles. The molecular weight excluding hydrogens is 388 g/mol. The van der Waals surface area contributed by atoms with Crippen molar-refractivity contribution in [3.8, 4) is 5.75 Å². The molecule has 0 heterocycles. The first-order valence-corrected chi connectivity index (χ1v) is 10.2. The molecule has 2 aromatic rings. The second-order valence-electron chi connectivity index (χ2n) is 7.30. The van der Waals surface area contributed by atoms with Gasteiger partial charge < -0.3 is 15.7 Å². The molecule has 0 bridgehead atoms. The molecule has 0 aliphatic rings. The number of nitrogens with one attached hydrogen (secondary N) is 2. The van der Waals surface area contributed by atoms with Gasteiger partial charge in [-0.3, -0.25) is 0 Å². The summed E-state index contributed by atoms with van der Waals surface area (Å²) < 4.78 is 0.753. The van der Waals surface area contributed by atoms with Crippen molar-refractivity contribution in [2.24, 2.45) is 0 Å². The number of para-hydroxylation sites is 2. The predicted octanol–water partition coefficient (Wildman–Crippen LogP) is 5.65. The largest absolute Gasteiger partial charge is 0.506 e. The normalized spacial score (nSPS) is 11.3. The topological polar surface area (TPSA) is 44.3 Å². The molecule has 0 atom stereocenters. The van der Waals surface area contributed by atoms with Crippen molar-refractivity contribution >= 4 is 21.6 Å². The van der Waals surface area contributed by atoms with Crippen molar-refractivity contribution < 1.29 is 5.11 Å². The van der Waals surface area contributed by atoms with Crippen molar-refractivity contribution in [3.05, 3.63) is 57.6 Å². The molecule has 0 aromatic heterocycles. The monoisotopic (exact) mass is 418 g/mol. The lowest BCUT2D eigenvalue weighted by Crippen LogP contribution is -2.25. The summed E-state index contributed by atoms with van der Waals surface area (Å²) in [5, 5.41) is 17.1. The molecule has 3 N–H and O–H groups in total. The van der Waals surface area contributed by atoms with Crippen LogP contribution >= 0.6 is 15.9 Å². The van der Waals surface area contributed by atoms with E-state index in [1.807, 2.05) is 18.2 Å². The van der Waals surface area contributed by atoms with Crippen LogP contribution in [0.25, 0.3) is 0 Å². The minimum absolute atomic E-state index is 0.347. The number of hydrogen-bond acceptors (Lipinski definition) is 3. The van der Waals surface area contributed by atoms with E-state index in [2.05, 4.69) is 72.5 Å². The van der Waals surface area contributed by atoms with Gasteiger partial charge in [0.2, 0.25) is 0 Å². The van der Waals surface area contributed by atoms with Crippen molar-refractivity contribution in [3.63, 3.8) is 0 Å². The van der Waals surface area contributed by atoms with E-state index >= 15 is 0 Å². The van der Waals surface area contributed by atoms with Crippen molar-refractivity contribution in [1.29, 1.82) is 0 Å². The molecular formula is C22H31BrN2O. The number of aromatic hydroxyl groups is 1. The summed E-state index contributed by atoms with van der Waals surface area (Å²) in [7, 11) is 0. The van der Waals surface area contributed by atoms with Gasteiger partial charge in [-0.25, -0.2) is 0 Å². The van der Waals surface area contributed by atoms with Crippen LogP contribution in [-0.4, -0.2) is 24.7 Å². The third kappa shape index (κ3) is 5.49. The molecule has 0 fully saturated rings. The standard InChI is InChI=1S/C22H31BrN2O/c1-15(2)18-8-6-9-19(16(3)4)21(18)25-14-13-24-12-11-17-7-5-10-20(23)22(17)26/h5-10,15-16,24-26H,11-14H2,1-4H3. The highest BCUT2D eigenvalue weighted by atomic mass is 79.9.